The molecule has 13 heavy (non-hydrogen) atoms. The highest BCUT2D eigenvalue weighted by molar-refractivity contribution is 5.23. The molecule has 1 aromatic carbocycles. The van der Waals surface area contributed by atoms with E-state index >= 15 is 0 Å². The van der Waals surface area contributed by atoms with Gasteiger partial charge in [0, 0.05) is 13.1 Å². The van der Waals surface area contributed by atoms with Gasteiger partial charge in [0.15, 0.2) is 0 Å². The first-order valence-corrected chi connectivity index (χ1v) is 4.30. The number of hydrogen-bond donors (Lipinski definition) is 2. The van der Waals surface area contributed by atoms with Crippen molar-refractivity contribution < 1.29 is 9.50 Å². The minimum absolute atomic E-state index is 0.105. The molecule has 1 rings (SSSR count). The number of aryl methyl sites for hydroxylation is 1. The Morgan fingerprint density at radius 1 is 1.38 bits per heavy atom. The molecule has 0 saturated carbocycles. The molecule has 0 aliphatic heterocycles. The van der Waals surface area contributed by atoms with Crippen LogP contribution in [0.3, 0.4) is 0 Å². The fraction of sp³-hybridized carbons (Fsp3) is 0.400. The van der Waals surface area contributed by atoms with Crippen LogP contribution in [0.1, 0.15) is 11.1 Å². The Morgan fingerprint density at radius 2 is 2.15 bits per heavy atom. The lowest BCUT2D eigenvalue weighted by Crippen LogP contribution is -2.17. The summed E-state index contributed by atoms with van der Waals surface area (Å²) in [4.78, 5) is 0. The first-order valence-electron chi connectivity index (χ1n) is 4.30. The monoisotopic (exact) mass is 183 g/mol. The van der Waals surface area contributed by atoms with Gasteiger partial charge in [-0.3, -0.25) is 0 Å². The van der Waals surface area contributed by atoms with Gasteiger partial charge in [0.05, 0.1) is 6.61 Å². The predicted molar refractivity (Wildman–Crippen MR) is 49.9 cm³/mol. The Bertz CT molecular complexity index is 255. The van der Waals surface area contributed by atoms with Gasteiger partial charge < -0.3 is 10.4 Å². The number of aliphatic hydroxyl groups excluding tert-OH is 1. The zero-order valence-electron chi connectivity index (χ0n) is 7.68. The van der Waals surface area contributed by atoms with Crippen LogP contribution in [-0.4, -0.2) is 18.3 Å². The third-order valence-electron chi connectivity index (χ3n) is 1.72. The molecular weight excluding hydrogens is 169 g/mol. The van der Waals surface area contributed by atoms with Crippen LogP contribution in [0.15, 0.2) is 18.2 Å². The zero-order valence-corrected chi connectivity index (χ0v) is 7.68. The molecule has 2 N–H and O–H groups in total. The summed E-state index contributed by atoms with van der Waals surface area (Å²) in [6, 6.07) is 4.92. The number of halogens is 1. The summed E-state index contributed by atoms with van der Waals surface area (Å²) in [5.74, 6) is -0.208. The van der Waals surface area contributed by atoms with E-state index in [-0.39, 0.29) is 12.4 Å². The van der Waals surface area contributed by atoms with E-state index in [9.17, 15) is 4.39 Å². The molecule has 0 unspecified atom stereocenters. The van der Waals surface area contributed by atoms with Crippen molar-refractivity contribution in [2.45, 2.75) is 13.5 Å². The van der Waals surface area contributed by atoms with Gasteiger partial charge in [-0.15, -0.1) is 0 Å². The van der Waals surface area contributed by atoms with E-state index in [0.29, 0.717) is 13.1 Å². The number of benzene rings is 1. The van der Waals surface area contributed by atoms with Crippen LogP contribution in [0.4, 0.5) is 4.39 Å². The molecule has 0 spiro atoms. The van der Waals surface area contributed by atoms with Gasteiger partial charge in [0.2, 0.25) is 0 Å². The van der Waals surface area contributed by atoms with E-state index in [2.05, 4.69) is 5.32 Å². The quantitative estimate of drug-likeness (QED) is 0.688. The predicted octanol–water partition coefficient (Wildman–Crippen LogP) is 1.22. The van der Waals surface area contributed by atoms with Gasteiger partial charge in [-0.05, 0) is 30.2 Å². The number of nitrogens with one attached hydrogen (secondary N) is 1. The van der Waals surface area contributed by atoms with E-state index < -0.39 is 0 Å². The van der Waals surface area contributed by atoms with Crippen molar-refractivity contribution in [1.82, 2.24) is 5.32 Å². The lowest BCUT2D eigenvalue weighted by molar-refractivity contribution is 0.292. The van der Waals surface area contributed by atoms with E-state index in [1.807, 2.05) is 13.0 Å². The van der Waals surface area contributed by atoms with Crippen LogP contribution in [0.25, 0.3) is 0 Å². The third kappa shape index (κ3) is 3.53. The minimum Gasteiger partial charge on any atom is -0.395 e. The zero-order chi connectivity index (χ0) is 9.68. The average Bonchev–Trinajstić information content (AvgIpc) is 2.03. The third-order valence-corrected chi connectivity index (χ3v) is 1.72. The molecule has 3 heteroatoms. The van der Waals surface area contributed by atoms with Crippen LogP contribution < -0.4 is 5.32 Å². The van der Waals surface area contributed by atoms with Crippen LogP contribution in [0.2, 0.25) is 0 Å². The highest BCUT2D eigenvalue weighted by Crippen LogP contribution is 2.07. The van der Waals surface area contributed by atoms with Crippen molar-refractivity contribution >= 4 is 0 Å². The van der Waals surface area contributed by atoms with Crippen molar-refractivity contribution in [3.8, 4) is 0 Å². The lowest BCUT2D eigenvalue weighted by Gasteiger charge is -2.04. The maximum atomic E-state index is 12.9. The molecule has 0 aliphatic rings. The minimum atomic E-state index is -0.208. The number of aliphatic hydroxyl groups is 1. The molecular formula is C10H14FNO. The second kappa shape index (κ2) is 4.94. The van der Waals surface area contributed by atoms with Gasteiger partial charge in [0.1, 0.15) is 5.82 Å². The molecule has 1 aromatic rings. The van der Waals surface area contributed by atoms with Gasteiger partial charge in [-0.2, -0.15) is 0 Å². The first-order chi connectivity index (χ1) is 6.22. The summed E-state index contributed by atoms with van der Waals surface area (Å²) < 4.78 is 12.9. The molecule has 0 aromatic heterocycles. The van der Waals surface area contributed by atoms with Crippen molar-refractivity contribution in [2.75, 3.05) is 13.2 Å². The Balaban J connectivity index is 2.56. The molecule has 0 fully saturated rings. The molecule has 0 atom stereocenters. The summed E-state index contributed by atoms with van der Waals surface area (Å²) in [7, 11) is 0. The molecule has 0 radical (unpaired) electrons. The van der Waals surface area contributed by atoms with E-state index in [1.165, 1.54) is 12.1 Å². The van der Waals surface area contributed by atoms with E-state index in [0.717, 1.165) is 11.1 Å². The van der Waals surface area contributed by atoms with Crippen molar-refractivity contribution in [3.63, 3.8) is 0 Å². The maximum absolute atomic E-state index is 12.9. The average molecular weight is 183 g/mol. The van der Waals surface area contributed by atoms with Crippen LogP contribution in [0, 0.1) is 12.7 Å². The fourth-order valence-electron chi connectivity index (χ4n) is 1.23. The maximum Gasteiger partial charge on any atom is 0.123 e. The summed E-state index contributed by atoms with van der Waals surface area (Å²) in [5, 5.41) is 11.5. The highest BCUT2D eigenvalue weighted by Gasteiger charge is 1.96. The molecule has 0 aliphatic carbocycles. The fourth-order valence-corrected chi connectivity index (χ4v) is 1.23. The molecule has 2 nitrogen and oxygen atoms in total. The lowest BCUT2D eigenvalue weighted by atomic mass is 10.1. The smallest absolute Gasteiger partial charge is 0.123 e. The SMILES string of the molecule is Cc1cc(F)cc(CNCCO)c1. The van der Waals surface area contributed by atoms with Gasteiger partial charge >= 0.3 is 0 Å². The second-order valence-electron chi connectivity index (χ2n) is 3.04. The van der Waals surface area contributed by atoms with Crippen molar-refractivity contribution in [2.24, 2.45) is 0 Å². The Labute approximate surface area is 77.4 Å². The second-order valence-corrected chi connectivity index (χ2v) is 3.04. The molecule has 0 amide bonds. The van der Waals surface area contributed by atoms with Crippen LogP contribution in [-0.2, 0) is 6.54 Å². The van der Waals surface area contributed by atoms with Gasteiger partial charge in [0.25, 0.3) is 0 Å². The molecule has 0 saturated heterocycles. The van der Waals surface area contributed by atoms with E-state index in [4.69, 9.17) is 5.11 Å². The first kappa shape index (κ1) is 10.2. The Hall–Kier alpha value is -0.930. The Kier molecular flexibility index (Phi) is 3.86. The number of hydrogen-bond acceptors (Lipinski definition) is 2. The Morgan fingerprint density at radius 3 is 2.77 bits per heavy atom. The standard InChI is InChI=1S/C10H14FNO/c1-8-4-9(6-10(11)5-8)7-12-2-3-13/h4-6,12-13H,2-3,7H2,1H3. The largest absolute Gasteiger partial charge is 0.395 e. The van der Waals surface area contributed by atoms with Gasteiger partial charge in [-0.1, -0.05) is 6.07 Å². The topological polar surface area (TPSA) is 32.3 Å². The number of rotatable bonds is 4. The molecule has 0 heterocycles. The summed E-state index contributed by atoms with van der Waals surface area (Å²) in [6.07, 6.45) is 0. The van der Waals surface area contributed by atoms with Crippen molar-refractivity contribution in [3.05, 3.63) is 35.1 Å². The van der Waals surface area contributed by atoms with Crippen LogP contribution >= 0.6 is 0 Å². The summed E-state index contributed by atoms with van der Waals surface area (Å²) in [6.45, 7) is 3.10. The molecule has 0 bridgehead atoms. The van der Waals surface area contributed by atoms with Crippen molar-refractivity contribution in [1.29, 1.82) is 0 Å². The van der Waals surface area contributed by atoms with E-state index in [1.54, 1.807) is 0 Å². The molecule has 72 valence electrons. The van der Waals surface area contributed by atoms with Crippen LogP contribution in [0.5, 0.6) is 0 Å². The van der Waals surface area contributed by atoms with Gasteiger partial charge in [-0.25, -0.2) is 4.39 Å². The summed E-state index contributed by atoms with van der Waals surface area (Å²) >= 11 is 0. The highest BCUT2D eigenvalue weighted by atomic mass is 19.1. The normalized spacial score (nSPS) is 10.4. The summed E-state index contributed by atoms with van der Waals surface area (Å²) in [5.41, 5.74) is 1.83.